The third kappa shape index (κ3) is 3.36. The number of methoxy groups -OCH3 is 1. The number of nitrogens with zero attached hydrogens (tertiary/aromatic N) is 2. The van der Waals surface area contributed by atoms with E-state index < -0.39 is 41.1 Å². The molecule has 8 heteroatoms. The molecule has 192 valence electrons. The van der Waals surface area contributed by atoms with Gasteiger partial charge in [0.15, 0.2) is 5.78 Å². The van der Waals surface area contributed by atoms with Gasteiger partial charge in [0, 0.05) is 25.3 Å². The molecule has 6 rings (SSSR count). The normalized spacial score (nSPS) is 24.3. The van der Waals surface area contributed by atoms with Crippen LogP contribution in [0.4, 0.5) is 0 Å². The number of hydrazone groups is 1. The maximum absolute atomic E-state index is 14.3. The summed E-state index contributed by atoms with van der Waals surface area (Å²) < 4.78 is 16.8. The molecule has 0 N–H and O–H groups in total. The number of esters is 2. The lowest BCUT2D eigenvalue weighted by Crippen LogP contribution is -2.58. The first kappa shape index (κ1) is 23.9. The minimum atomic E-state index is -1.88. The van der Waals surface area contributed by atoms with Crippen LogP contribution >= 0.6 is 0 Å². The molecule has 0 radical (unpaired) electrons. The fraction of sp³-hybridized carbons (Fsp3) is 0.267. The van der Waals surface area contributed by atoms with E-state index in [1.54, 1.807) is 42.6 Å². The number of ether oxygens (including phenoxy) is 3. The lowest BCUT2D eigenvalue weighted by Gasteiger charge is -2.44. The van der Waals surface area contributed by atoms with Crippen LogP contribution in [0.5, 0.6) is 5.75 Å². The smallest absolute Gasteiger partial charge is 0.330 e. The summed E-state index contributed by atoms with van der Waals surface area (Å²) in [6, 6.07) is 21.3. The molecular formula is C30H26N2O6. The summed E-state index contributed by atoms with van der Waals surface area (Å²) >= 11 is 0. The molecule has 2 saturated heterocycles. The molecule has 0 unspecified atom stereocenters. The molecule has 1 spiro atoms. The van der Waals surface area contributed by atoms with E-state index in [4.69, 9.17) is 14.2 Å². The van der Waals surface area contributed by atoms with E-state index in [1.165, 1.54) is 13.8 Å². The Morgan fingerprint density at radius 2 is 1.53 bits per heavy atom. The standard InChI is InChI=1S/C30H26N2O6/c1-29(2)37-27(34)30(28(35)38-29)23(18-9-5-4-6-10-18)24(25(33)19-13-15-21(36-3)16-14-19)32-26(30)22-12-8-7-11-20(22)17-31-32/h4-17,23-24,26H,1-3H3/t23-,24+,26-/m1/s1. The molecule has 3 aromatic rings. The van der Waals surface area contributed by atoms with Crippen LogP contribution in [0.15, 0.2) is 84.0 Å². The largest absolute Gasteiger partial charge is 0.497 e. The first-order valence-corrected chi connectivity index (χ1v) is 12.4. The predicted octanol–water partition coefficient (Wildman–Crippen LogP) is 4.26. The van der Waals surface area contributed by atoms with E-state index in [9.17, 15) is 14.4 Å². The van der Waals surface area contributed by atoms with Crippen molar-refractivity contribution < 1.29 is 28.6 Å². The van der Waals surface area contributed by atoms with Gasteiger partial charge in [0.25, 0.3) is 5.79 Å². The summed E-state index contributed by atoms with van der Waals surface area (Å²) in [6.45, 7) is 3.04. The van der Waals surface area contributed by atoms with Crippen molar-refractivity contribution in [2.45, 2.75) is 37.6 Å². The Labute approximate surface area is 219 Å². The fourth-order valence-electron chi connectivity index (χ4n) is 5.97. The van der Waals surface area contributed by atoms with Crippen LogP contribution in [0.25, 0.3) is 0 Å². The van der Waals surface area contributed by atoms with Crippen LogP contribution in [0.1, 0.15) is 52.9 Å². The number of benzene rings is 3. The average molecular weight is 511 g/mol. The van der Waals surface area contributed by atoms with E-state index in [0.29, 0.717) is 22.4 Å². The number of carbonyl (C=O) groups excluding carboxylic acids is 3. The Morgan fingerprint density at radius 3 is 2.18 bits per heavy atom. The minimum Gasteiger partial charge on any atom is -0.497 e. The van der Waals surface area contributed by atoms with E-state index in [1.807, 2.05) is 54.6 Å². The van der Waals surface area contributed by atoms with Crippen molar-refractivity contribution in [1.82, 2.24) is 5.01 Å². The van der Waals surface area contributed by atoms with Crippen LogP contribution in [-0.4, -0.2) is 47.9 Å². The summed E-state index contributed by atoms with van der Waals surface area (Å²) in [6.07, 6.45) is 1.66. The van der Waals surface area contributed by atoms with Gasteiger partial charge < -0.3 is 14.2 Å². The molecule has 0 aliphatic carbocycles. The van der Waals surface area contributed by atoms with Gasteiger partial charge in [-0.3, -0.25) is 19.4 Å². The van der Waals surface area contributed by atoms with Crippen molar-refractivity contribution in [1.29, 1.82) is 0 Å². The molecule has 3 aromatic carbocycles. The Morgan fingerprint density at radius 1 is 0.895 bits per heavy atom. The maximum atomic E-state index is 14.3. The van der Waals surface area contributed by atoms with Gasteiger partial charge in [0.05, 0.1) is 13.3 Å². The highest BCUT2D eigenvalue weighted by Gasteiger charge is 2.75. The molecule has 3 atom stereocenters. The second-order valence-electron chi connectivity index (χ2n) is 10.1. The van der Waals surface area contributed by atoms with Crippen molar-refractivity contribution in [3.63, 3.8) is 0 Å². The number of rotatable bonds is 4. The molecule has 8 nitrogen and oxygen atoms in total. The zero-order valence-electron chi connectivity index (χ0n) is 21.2. The van der Waals surface area contributed by atoms with Gasteiger partial charge in [0.1, 0.15) is 17.8 Å². The van der Waals surface area contributed by atoms with Crippen molar-refractivity contribution in [2.75, 3.05) is 7.11 Å². The van der Waals surface area contributed by atoms with Gasteiger partial charge in [-0.2, -0.15) is 5.10 Å². The van der Waals surface area contributed by atoms with Crippen molar-refractivity contribution in [3.05, 3.63) is 101 Å². The first-order valence-electron chi connectivity index (χ1n) is 12.4. The number of hydrogen-bond donors (Lipinski definition) is 0. The molecule has 2 fully saturated rings. The zero-order valence-corrected chi connectivity index (χ0v) is 21.2. The molecule has 3 aliphatic heterocycles. The zero-order chi connectivity index (χ0) is 26.7. The highest BCUT2D eigenvalue weighted by molar-refractivity contribution is 6.09. The quantitative estimate of drug-likeness (QED) is 0.294. The summed E-state index contributed by atoms with van der Waals surface area (Å²) in [4.78, 5) is 42.6. The van der Waals surface area contributed by atoms with Crippen LogP contribution in [0, 0.1) is 5.41 Å². The summed E-state index contributed by atoms with van der Waals surface area (Å²) in [5.74, 6) is -3.54. The highest BCUT2D eigenvalue weighted by Crippen LogP contribution is 2.62. The van der Waals surface area contributed by atoms with Gasteiger partial charge in [-0.1, -0.05) is 54.6 Å². The molecule has 0 saturated carbocycles. The number of cyclic esters (lactones) is 2. The number of carbonyl (C=O) groups is 3. The van der Waals surface area contributed by atoms with E-state index in [-0.39, 0.29) is 5.78 Å². The molecule has 3 aliphatic rings. The van der Waals surface area contributed by atoms with Crippen molar-refractivity contribution >= 4 is 23.9 Å². The molecule has 38 heavy (non-hydrogen) atoms. The molecule has 0 aromatic heterocycles. The van der Waals surface area contributed by atoms with Gasteiger partial charge in [-0.15, -0.1) is 0 Å². The van der Waals surface area contributed by atoms with Crippen molar-refractivity contribution in [2.24, 2.45) is 10.5 Å². The highest BCUT2D eigenvalue weighted by atomic mass is 16.7. The Balaban J connectivity index is 1.62. The number of hydrogen-bond acceptors (Lipinski definition) is 8. The summed E-state index contributed by atoms with van der Waals surface area (Å²) in [7, 11) is 1.55. The van der Waals surface area contributed by atoms with Crippen molar-refractivity contribution in [3.8, 4) is 5.75 Å². The number of ketones is 1. The van der Waals surface area contributed by atoms with Crippen LogP contribution in [0.3, 0.4) is 0 Å². The lowest BCUT2D eigenvalue weighted by molar-refractivity contribution is -0.254. The van der Waals surface area contributed by atoms with Gasteiger partial charge in [-0.25, -0.2) is 0 Å². The maximum Gasteiger partial charge on any atom is 0.330 e. The Bertz CT molecular complexity index is 1440. The second-order valence-corrected chi connectivity index (χ2v) is 10.1. The molecule has 0 amide bonds. The van der Waals surface area contributed by atoms with Crippen LogP contribution < -0.4 is 4.74 Å². The lowest BCUT2D eigenvalue weighted by atomic mass is 9.65. The average Bonchev–Trinajstić information content (AvgIpc) is 3.24. The minimum absolute atomic E-state index is 0.287. The second kappa shape index (κ2) is 8.55. The van der Waals surface area contributed by atoms with Crippen LogP contribution in [-0.2, 0) is 19.1 Å². The fourth-order valence-corrected chi connectivity index (χ4v) is 5.97. The number of fused-ring (bicyclic) bond motifs is 4. The monoisotopic (exact) mass is 510 g/mol. The molecule has 3 heterocycles. The summed E-state index contributed by atoms with van der Waals surface area (Å²) in [5.41, 5.74) is 0.608. The third-order valence-corrected chi connectivity index (χ3v) is 7.56. The van der Waals surface area contributed by atoms with Gasteiger partial charge >= 0.3 is 11.9 Å². The first-order chi connectivity index (χ1) is 18.3. The molecular weight excluding hydrogens is 484 g/mol. The molecule has 0 bridgehead atoms. The van der Waals surface area contributed by atoms with Crippen LogP contribution in [0.2, 0.25) is 0 Å². The Hall–Kier alpha value is -4.46. The van der Waals surface area contributed by atoms with Gasteiger partial charge in [0.2, 0.25) is 5.41 Å². The van der Waals surface area contributed by atoms with E-state index in [0.717, 1.165) is 5.56 Å². The van der Waals surface area contributed by atoms with E-state index >= 15 is 0 Å². The van der Waals surface area contributed by atoms with E-state index in [2.05, 4.69) is 5.10 Å². The topological polar surface area (TPSA) is 94.5 Å². The summed E-state index contributed by atoms with van der Waals surface area (Å²) in [5, 5.41) is 6.26. The predicted molar refractivity (Wildman–Crippen MR) is 138 cm³/mol. The SMILES string of the molecule is COc1ccc(C(=O)[C@@H]2[C@@H](c3ccccc3)C3(C(=O)OC(C)(C)OC3=O)[C@H]3c4ccccc4C=NN23)cc1. The number of Topliss-reactive ketones (excluding diaryl/α,β-unsaturated/α-hetero) is 1. The van der Waals surface area contributed by atoms with Gasteiger partial charge in [-0.05, 0) is 41.0 Å². The third-order valence-electron chi connectivity index (χ3n) is 7.56. The Kier molecular flexibility index (Phi) is 5.38.